The molecule has 202 valence electrons. The molecule has 0 radical (unpaired) electrons. The molecule has 1 fully saturated rings. The Kier molecular flexibility index (Phi) is 10.2. The zero-order chi connectivity index (χ0) is 27.2. The molecule has 1 atom stereocenters. The van der Waals surface area contributed by atoms with Crippen LogP contribution in [0.15, 0.2) is 42.5 Å². The molecule has 0 saturated heterocycles. The number of benzene rings is 2. The van der Waals surface area contributed by atoms with Crippen molar-refractivity contribution in [2.24, 2.45) is 0 Å². The Morgan fingerprint density at radius 1 is 1.11 bits per heavy atom. The van der Waals surface area contributed by atoms with Gasteiger partial charge in [0.05, 0.1) is 22.0 Å². The van der Waals surface area contributed by atoms with E-state index in [0.29, 0.717) is 15.6 Å². The van der Waals surface area contributed by atoms with Gasteiger partial charge in [-0.15, -0.1) is 0 Å². The summed E-state index contributed by atoms with van der Waals surface area (Å²) in [4.78, 5) is 27.8. The minimum Gasteiger partial charge on any atom is -0.352 e. The van der Waals surface area contributed by atoms with E-state index in [0.717, 1.165) is 36.2 Å². The van der Waals surface area contributed by atoms with Gasteiger partial charge in [0, 0.05) is 25.6 Å². The molecule has 7 nitrogen and oxygen atoms in total. The minimum atomic E-state index is -3.78. The summed E-state index contributed by atoms with van der Waals surface area (Å²) in [6, 6.07) is 9.93. The lowest BCUT2D eigenvalue weighted by Gasteiger charge is -2.30. The standard InChI is InChI=1S/C26H32Cl2FN3O4S/c1-18(26(34)30-20-8-3-4-9-20)31(17-19-13-14-21(27)22(28)16-19)25(33)12-7-15-32(37(2,35)36)24-11-6-5-10-23(24)29/h5-6,10-11,13-14,16,18,20H,3-4,7-9,12,15,17H2,1-2H3,(H,30,34)/t18-/m0/s1. The summed E-state index contributed by atoms with van der Waals surface area (Å²) in [6.07, 6.45) is 5.03. The Morgan fingerprint density at radius 3 is 2.41 bits per heavy atom. The van der Waals surface area contributed by atoms with Crippen LogP contribution < -0.4 is 9.62 Å². The number of sulfonamides is 1. The fourth-order valence-electron chi connectivity index (χ4n) is 4.45. The molecule has 2 aromatic rings. The highest BCUT2D eigenvalue weighted by Crippen LogP contribution is 2.25. The number of rotatable bonds is 11. The van der Waals surface area contributed by atoms with Crippen LogP contribution >= 0.6 is 23.2 Å². The Balaban J connectivity index is 1.74. The highest BCUT2D eigenvalue weighted by atomic mass is 35.5. The maximum atomic E-state index is 14.3. The second kappa shape index (κ2) is 12.9. The smallest absolute Gasteiger partial charge is 0.242 e. The van der Waals surface area contributed by atoms with Crippen molar-refractivity contribution in [1.82, 2.24) is 10.2 Å². The maximum Gasteiger partial charge on any atom is 0.242 e. The summed E-state index contributed by atoms with van der Waals surface area (Å²) >= 11 is 12.2. The maximum absolute atomic E-state index is 14.3. The van der Waals surface area contributed by atoms with Gasteiger partial charge < -0.3 is 10.2 Å². The molecule has 1 aliphatic carbocycles. The van der Waals surface area contributed by atoms with Crippen molar-refractivity contribution in [1.29, 1.82) is 0 Å². The molecule has 37 heavy (non-hydrogen) atoms. The quantitative estimate of drug-likeness (QED) is 0.404. The van der Waals surface area contributed by atoms with E-state index >= 15 is 0 Å². The van der Waals surface area contributed by atoms with E-state index in [1.54, 1.807) is 31.2 Å². The van der Waals surface area contributed by atoms with E-state index < -0.39 is 21.9 Å². The van der Waals surface area contributed by atoms with Gasteiger partial charge in [0.1, 0.15) is 11.9 Å². The zero-order valence-electron chi connectivity index (χ0n) is 20.9. The number of hydrogen-bond donors (Lipinski definition) is 1. The van der Waals surface area contributed by atoms with E-state index in [4.69, 9.17) is 23.2 Å². The Hall–Kier alpha value is -2.36. The summed E-state index contributed by atoms with van der Waals surface area (Å²) in [6.45, 7) is 1.70. The summed E-state index contributed by atoms with van der Waals surface area (Å²) in [7, 11) is -3.78. The third-order valence-corrected chi connectivity index (χ3v) is 8.40. The van der Waals surface area contributed by atoms with Crippen LogP contribution in [0.4, 0.5) is 10.1 Å². The highest BCUT2D eigenvalue weighted by molar-refractivity contribution is 7.92. The van der Waals surface area contributed by atoms with Crippen molar-refractivity contribution in [3.05, 3.63) is 63.9 Å². The van der Waals surface area contributed by atoms with Gasteiger partial charge in [-0.1, -0.05) is 54.2 Å². The molecule has 1 N–H and O–H groups in total. The SMILES string of the molecule is C[C@@H](C(=O)NC1CCCC1)N(Cc1ccc(Cl)c(Cl)c1)C(=O)CCCN(c1ccccc1F)S(C)(=O)=O. The predicted molar refractivity (Wildman–Crippen MR) is 145 cm³/mol. The van der Waals surface area contributed by atoms with Gasteiger partial charge in [-0.3, -0.25) is 13.9 Å². The molecular weight excluding hydrogens is 540 g/mol. The van der Waals surface area contributed by atoms with Crippen LogP contribution in [0.5, 0.6) is 0 Å². The van der Waals surface area contributed by atoms with Gasteiger partial charge in [-0.2, -0.15) is 0 Å². The minimum absolute atomic E-state index is 0.0388. The lowest BCUT2D eigenvalue weighted by Crippen LogP contribution is -2.49. The van der Waals surface area contributed by atoms with Crippen molar-refractivity contribution in [3.63, 3.8) is 0 Å². The van der Waals surface area contributed by atoms with Gasteiger partial charge in [-0.05, 0) is 56.0 Å². The number of para-hydroxylation sites is 1. The van der Waals surface area contributed by atoms with Crippen LogP contribution in [-0.4, -0.2) is 50.0 Å². The molecule has 0 unspecified atom stereocenters. The number of hydrogen-bond acceptors (Lipinski definition) is 4. The van der Waals surface area contributed by atoms with E-state index in [1.165, 1.54) is 23.1 Å². The van der Waals surface area contributed by atoms with E-state index in [2.05, 4.69) is 5.32 Å². The summed E-state index contributed by atoms with van der Waals surface area (Å²) in [5, 5.41) is 3.75. The van der Waals surface area contributed by atoms with Gasteiger partial charge in [0.15, 0.2) is 0 Å². The molecule has 0 spiro atoms. The zero-order valence-corrected chi connectivity index (χ0v) is 23.3. The van der Waals surface area contributed by atoms with E-state index in [9.17, 15) is 22.4 Å². The van der Waals surface area contributed by atoms with Crippen molar-refractivity contribution < 1.29 is 22.4 Å². The van der Waals surface area contributed by atoms with Crippen LogP contribution in [0.3, 0.4) is 0 Å². The fraction of sp³-hybridized carbons (Fsp3) is 0.462. The number of carbonyl (C=O) groups excluding carboxylic acids is 2. The summed E-state index contributed by atoms with van der Waals surface area (Å²) in [5.74, 6) is -1.25. The van der Waals surface area contributed by atoms with Crippen LogP contribution in [0, 0.1) is 5.82 Å². The number of carbonyl (C=O) groups is 2. The third kappa shape index (κ3) is 8.06. The van der Waals surface area contributed by atoms with Crippen LogP contribution in [-0.2, 0) is 26.2 Å². The molecule has 0 heterocycles. The predicted octanol–water partition coefficient (Wildman–Crippen LogP) is 5.15. The Morgan fingerprint density at radius 2 is 1.78 bits per heavy atom. The number of nitrogens with zero attached hydrogens (tertiary/aromatic N) is 2. The van der Waals surface area contributed by atoms with Crippen molar-refractivity contribution in [2.45, 2.75) is 64.1 Å². The molecule has 2 amide bonds. The van der Waals surface area contributed by atoms with Crippen LogP contribution in [0.1, 0.15) is 51.0 Å². The van der Waals surface area contributed by atoms with Gasteiger partial charge >= 0.3 is 0 Å². The first-order chi connectivity index (χ1) is 17.5. The van der Waals surface area contributed by atoms with E-state index in [-0.39, 0.29) is 49.5 Å². The first-order valence-corrected chi connectivity index (χ1v) is 14.8. The molecular formula is C26H32Cl2FN3O4S. The molecule has 1 aliphatic rings. The van der Waals surface area contributed by atoms with E-state index in [1.807, 2.05) is 0 Å². The first kappa shape index (κ1) is 29.2. The normalized spacial score (nSPS) is 14.8. The lowest BCUT2D eigenvalue weighted by molar-refractivity contribution is -0.141. The molecule has 1 saturated carbocycles. The van der Waals surface area contributed by atoms with Crippen molar-refractivity contribution in [3.8, 4) is 0 Å². The average molecular weight is 573 g/mol. The second-order valence-corrected chi connectivity index (χ2v) is 12.0. The molecule has 0 aromatic heterocycles. The number of amides is 2. The number of anilines is 1. The van der Waals surface area contributed by atoms with Crippen LogP contribution in [0.2, 0.25) is 10.0 Å². The Labute approximate surface area is 228 Å². The third-order valence-electron chi connectivity index (χ3n) is 6.48. The highest BCUT2D eigenvalue weighted by Gasteiger charge is 2.29. The van der Waals surface area contributed by atoms with Gasteiger partial charge in [0.2, 0.25) is 21.8 Å². The molecule has 0 bridgehead atoms. The Bertz CT molecular complexity index is 1220. The van der Waals surface area contributed by atoms with Gasteiger partial charge in [0.25, 0.3) is 0 Å². The first-order valence-electron chi connectivity index (χ1n) is 12.2. The monoisotopic (exact) mass is 571 g/mol. The molecule has 0 aliphatic heterocycles. The number of nitrogens with one attached hydrogen (secondary N) is 1. The van der Waals surface area contributed by atoms with Crippen LogP contribution in [0.25, 0.3) is 0 Å². The lowest BCUT2D eigenvalue weighted by atomic mass is 10.1. The average Bonchev–Trinajstić information content (AvgIpc) is 3.35. The summed E-state index contributed by atoms with van der Waals surface area (Å²) in [5.41, 5.74) is 0.627. The molecule has 3 rings (SSSR count). The molecule has 11 heteroatoms. The van der Waals surface area contributed by atoms with Crippen molar-refractivity contribution in [2.75, 3.05) is 17.1 Å². The van der Waals surface area contributed by atoms with Crippen molar-refractivity contribution >= 4 is 50.7 Å². The number of halogens is 3. The fourth-order valence-corrected chi connectivity index (χ4v) is 5.73. The topological polar surface area (TPSA) is 86.8 Å². The summed E-state index contributed by atoms with van der Waals surface area (Å²) < 4.78 is 39.9. The second-order valence-electron chi connectivity index (χ2n) is 9.33. The molecule has 2 aromatic carbocycles. The van der Waals surface area contributed by atoms with Gasteiger partial charge in [-0.25, -0.2) is 12.8 Å². The largest absolute Gasteiger partial charge is 0.352 e.